The number of carbonyl (C=O) groups is 1. The van der Waals surface area contributed by atoms with E-state index in [0.29, 0.717) is 5.69 Å². The SMILES string of the molecule is Cc1cc(C(=O)Nc2ccc(B3OC(C)(C)C(C)(C)O3)cc2C)n[nH]1. The summed E-state index contributed by atoms with van der Waals surface area (Å²) in [4.78, 5) is 12.2. The van der Waals surface area contributed by atoms with Gasteiger partial charge in [0, 0.05) is 11.4 Å². The van der Waals surface area contributed by atoms with Gasteiger partial charge in [-0.15, -0.1) is 0 Å². The molecule has 1 aliphatic rings. The Morgan fingerprint density at radius 1 is 1.12 bits per heavy atom. The van der Waals surface area contributed by atoms with Gasteiger partial charge in [-0.3, -0.25) is 9.89 Å². The molecule has 1 aromatic heterocycles. The van der Waals surface area contributed by atoms with E-state index in [1.165, 1.54) is 0 Å². The Labute approximate surface area is 148 Å². The van der Waals surface area contributed by atoms with Crippen molar-refractivity contribution in [3.05, 3.63) is 41.2 Å². The Kier molecular flexibility index (Phi) is 4.25. The molecule has 132 valence electrons. The first kappa shape index (κ1) is 17.7. The molecule has 0 bridgehead atoms. The molecule has 0 radical (unpaired) electrons. The van der Waals surface area contributed by atoms with Gasteiger partial charge in [-0.1, -0.05) is 12.1 Å². The number of H-pyrrole nitrogens is 1. The molecule has 0 unspecified atom stereocenters. The van der Waals surface area contributed by atoms with Crippen LogP contribution in [-0.4, -0.2) is 34.4 Å². The molecular weight excluding hydrogens is 317 g/mol. The minimum atomic E-state index is -0.414. The normalized spacial score (nSPS) is 18.4. The number of aromatic amines is 1. The van der Waals surface area contributed by atoms with Crippen molar-refractivity contribution in [2.45, 2.75) is 52.7 Å². The molecule has 1 amide bonds. The zero-order chi connectivity index (χ0) is 18.4. The van der Waals surface area contributed by atoms with Crippen LogP contribution >= 0.6 is 0 Å². The summed E-state index contributed by atoms with van der Waals surface area (Å²) in [5, 5.41) is 9.63. The van der Waals surface area contributed by atoms with Gasteiger partial charge in [0.2, 0.25) is 0 Å². The molecule has 25 heavy (non-hydrogen) atoms. The van der Waals surface area contributed by atoms with Crippen LogP contribution in [0.4, 0.5) is 5.69 Å². The predicted octanol–water partition coefficient (Wildman–Crippen LogP) is 2.58. The topological polar surface area (TPSA) is 76.2 Å². The third-order valence-corrected chi connectivity index (χ3v) is 4.96. The molecule has 0 spiro atoms. The van der Waals surface area contributed by atoms with Gasteiger partial charge in [0.15, 0.2) is 5.69 Å². The summed E-state index contributed by atoms with van der Waals surface area (Å²) >= 11 is 0. The summed E-state index contributed by atoms with van der Waals surface area (Å²) in [5.74, 6) is -0.240. The average Bonchev–Trinajstić information content (AvgIpc) is 3.02. The molecule has 7 heteroatoms. The van der Waals surface area contributed by atoms with Gasteiger partial charge in [-0.05, 0) is 64.7 Å². The third-order valence-electron chi connectivity index (χ3n) is 4.96. The van der Waals surface area contributed by atoms with Crippen LogP contribution in [0.5, 0.6) is 0 Å². The van der Waals surface area contributed by atoms with Gasteiger partial charge < -0.3 is 14.6 Å². The summed E-state index contributed by atoms with van der Waals surface area (Å²) in [6.07, 6.45) is 0. The van der Waals surface area contributed by atoms with Gasteiger partial charge in [0.1, 0.15) is 0 Å². The lowest BCUT2D eigenvalue weighted by atomic mass is 9.78. The average molecular weight is 341 g/mol. The van der Waals surface area contributed by atoms with Crippen molar-refractivity contribution >= 4 is 24.2 Å². The smallest absolute Gasteiger partial charge is 0.399 e. The van der Waals surface area contributed by atoms with Crippen molar-refractivity contribution in [3.63, 3.8) is 0 Å². The highest BCUT2D eigenvalue weighted by atomic mass is 16.7. The van der Waals surface area contributed by atoms with Gasteiger partial charge >= 0.3 is 7.12 Å². The van der Waals surface area contributed by atoms with E-state index in [9.17, 15) is 4.79 Å². The van der Waals surface area contributed by atoms with Crippen LogP contribution in [0.25, 0.3) is 0 Å². The summed E-state index contributed by atoms with van der Waals surface area (Å²) in [6.45, 7) is 11.9. The van der Waals surface area contributed by atoms with Crippen molar-refractivity contribution in [1.29, 1.82) is 0 Å². The molecule has 6 nitrogen and oxygen atoms in total. The van der Waals surface area contributed by atoms with E-state index >= 15 is 0 Å². The number of nitrogens with one attached hydrogen (secondary N) is 2. The number of hydrogen-bond acceptors (Lipinski definition) is 4. The summed E-state index contributed by atoms with van der Waals surface area (Å²) in [5.41, 5.74) is 3.07. The second kappa shape index (κ2) is 6.00. The standard InChI is InChI=1S/C18H24BN3O3/c1-11-9-13(19-24-17(3,4)18(5,6)25-19)7-8-14(11)20-16(23)15-10-12(2)21-22-15/h7-10H,1-6H3,(H,20,23)(H,21,22). The molecular formula is C18H24BN3O3. The lowest BCUT2D eigenvalue weighted by Gasteiger charge is -2.32. The molecule has 2 aromatic rings. The monoisotopic (exact) mass is 341 g/mol. The molecule has 2 heterocycles. The summed E-state index contributed by atoms with van der Waals surface area (Å²) < 4.78 is 12.1. The Morgan fingerprint density at radius 3 is 2.28 bits per heavy atom. The Morgan fingerprint density at radius 2 is 1.76 bits per heavy atom. The van der Waals surface area contributed by atoms with Gasteiger partial charge in [-0.25, -0.2) is 0 Å². The van der Waals surface area contributed by atoms with Crippen molar-refractivity contribution in [1.82, 2.24) is 10.2 Å². The lowest BCUT2D eigenvalue weighted by Crippen LogP contribution is -2.41. The molecule has 2 N–H and O–H groups in total. The highest BCUT2D eigenvalue weighted by Gasteiger charge is 2.51. The maximum Gasteiger partial charge on any atom is 0.494 e. The number of anilines is 1. The zero-order valence-electron chi connectivity index (χ0n) is 15.6. The lowest BCUT2D eigenvalue weighted by molar-refractivity contribution is 0.00578. The molecule has 3 rings (SSSR count). The van der Waals surface area contributed by atoms with Crippen LogP contribution in [0.1, 0.15) is 49.4 Å². The van der Waals surface area contributed by atoms with E-state index in [0.717, 1.165) is 22.4 Å². The van der Waals surface area contributed by atoms with Crippen LogP contribution < -0.4 is 10.8 Å². The molecule has 1 aliphatic heterocycles. The van der Waals surface area contributed by atoms with E-state index < -0.39 is 7.12 Å². The third kappa shape index (κ3) is 3.34. The highest BCUT2D eigenvalue weighted by Crippen LogP contribution is 2.36. The van der Waals surface area contributed by atoms with E-state index in [1.807, 2.05) is 59.7 Å². The van der Waals surface area contributed by atoms with E-state index in [-0.39, 0.29) is 17.1 Å². The second-order valence-corrected chi connectivity index (χ2v) is 7.55. The Hall–Kier alpha value is -2.12. The highest BCUT2D eigenvalue weighted by molar-refractivity contribution is 6.62. The minimum Gasteiger partial charge on any atom is -0.399 e. The number of rotatable bonds is 3. The Bertz CT molecular complexity index is 798. The molecule has 0 saturated carbocycles. The van der Waals surface area contributed by atoms with Crippen molar-refractivity contribution in [2.24, 2.45) is 0 Å². The van der Waals surface area contributed by atoms with Gasteiger partial charge in [0.25, 0.3) is 5.91 Å². The number of nitrogens with zero attached hydrogens (tertiary/aromatic N) is 1. The number of benzene rings is 1. The van der Waals surface area contributed by atoms with Crippen LogP contribution in [-0.2, 0) is 9.31 Å². The fraction of sp³-hybridized carbons (Fsp3) is 0.444. The molecule has 0 aliphatic carbocycles. The first-order valence-electron chi connectivity index (χ1n) is 8.39. The van der Waals surface area contributed by atoms with Crippen molar-refractivity contribution < 1.29 is 14.1 Å². The fourth-order valence-electron chi connectivity index (χ4n) is 2.67. The summed E-state index contributed by atoms with van der Waals surface area (Å²) in [6, 6.07) is 7.48. The molecule has 0 atom stereocenters. The molecule has 1 aromatic carbocycles. The van der Waals surface area contributed by atoms with E-state index in [4.69, 9.17) is 9.31 Å². The first-order valence-corrected chi connectivity index (χ1v) is 8.39. The number of aromatic nitrogens is 2. The van der Waals surface area contributed by atoms with Crippen LogP contribution in [0, 0.1) is 13.8 Å². The minimum absolute atomic E-state index is 0.240. The number of aryl methyl sites for hydroxylation is 2. The number of amides is 1. The Balaban J connectivity index is 1.77. The van der Waals surface area contributed by atoms with Crippen molar-refractivity contribution in [2.75, 3.05) is 5.32 Å². The molecule has 1 saturated heterocycles. The van der Waals surface area contributed by atoms with Gasteiger partial charge in [0.05, 0.1) is 11.2 Å². The maximum absolute atomic E-state index is 12.2. The van der Waals surface area contributed by atoms with Crippen LogP contribution in [0.3, 0.4) is 0 Å². The zero-order valence-corrected chi connectivity index (χ0v) is 15.6. The largest absolute Gasteiger partial charge is 0.494 e. The number of carbonyl (C=O) groups excluding carboxylic acids is 1. The van der Waals surface area contributed by atoms with E-state index in [1.54, 1.807) is 6.07 Å². The van der Waals surface area contributed by atoms with Crippen molar-refractivity contribution in [3.8, 4) is 0 Å². The van der Waals surface area contributed by atoms with Crippen LogP contribution in [0.2, 0.25) is 0 Å². The second-order valence-electron chi connectivity index (χ2n) is 7.55. The fourth-order valence-corrected chi connectivity index (χ4v) is 2.67. The maximum atomic E-state index is 12.2. The quantitative estimate of drug-likeness (QED) is 0.842. The predicted molar refractivity (Wildman–Crippen MR) is 98.2 cm³/mol. The first-order chi connectivity index (χ1) is 11.6. The number of hydrogen-bond donors (Lipinski definition) is 2. The molecule has 1 fully saturated rings. The van der Waals surface area contributed by atoms with Crippen LogP contribution in [0.15, 0.2) is 24.3 Å². The van der Waals surface area contributed by atoms with Gasteiger partial charge in [-0.2, -0.15) is 5.10 Å². The van der Waals surface area contributed by atoms with E-state index in [2.05, 4.69) is 15.5 Å². The summed E-state index contributed by atoms with van der Waals surface area (Å²) in [7, 11) is -0.414.